The lowest BCUT2D eigenvalue weighted by Gasteiger charge is -2.08. The summed E-state index contributed by atoms with van der Waals surface area (Å²) in [5.41, 5.74) is 1.59. The molecule has 0 atom stereocenters. The standard InChI is InChI=1S/C19H24N4O3S/c1-21-13-20-17-16(21)18(24)23(19(25)22(17)2)10-4-11-27-12-9-14-5-7-15(26-3)8-6-14/h5-8,13H,4,9-12H2,1-3H3. The van der Waals surface area contributed by atoms with Crippen LogP contribution in [0.5, 0.6) is 5.75 Å². The van der Waals surface area contributed by atoms with Crippen molar-refractivity contribution in [2.24, 2.45) is 14.1 Å². The van der Waals surface area contributed by atoms with Crippen LogP contribution < -0.4 is 16.0 Å². The van der Waals surface area contributed by atoms with Crippen molar-refractivity contribution in [1.82, 2.24) is 18.7 Å². The van der Waals surface area contributed by atoms with Crippen molar-refractivity contribution in [3.05, 3.63) is 57.0 Å². The number of methoxy groups -OCH3 is 1. The molecule has 27 heavy (non-hydrogen) atoms. The number of fused-ring (bicyclic) bond motifs is 1. The zero-order chi connectivity index (χ0) is 19.4. The van der Waals surface area contributed by atoms with Crippen LogP contribution in [0.15, 0.2) is 40.2 Å². The van der Waals surface area contributed by atoms with Crippen LogP contribution in [-0.4, -0.2) is 37.3 Å². The highest BCUT2D eigenvalue weighted by Gasteiger charge is 2.14. The first kappa shape index (κ1) is 19.3. The van der Waals surface area contributed by atoms with Gasteiger partial charge in [0.15, 0.2) is 11.2 Å². The number of ether oxygens (including phenoxy) is 1. The molecule has 2 aromatic heterocycles. The zero-order valence-electron chi connectivity index (χ0n) is 15.8. The van der Waals surface area contributed by atoms with Gasteiger partial charge in [0.1, 0.15) is 5.75 Å². The molecule has 1 aromatic carbocycles. The van der Waals surface area contributed by atoms with E-state index in [0.717, 1.165) is 30.1 Å². The van der Waals surface area contributed by atoms with Gasteiger partial charge in [-0.2, -0.15) is 11.8 Å². The number of imidazole rings is 1. The quantitative estimate of drug-likeness (QED) is 0.551. The lowest BCUT2D eigenvalue weighted by atomic mass is 10.2. The summed E-state index contributed by atoms with van der Waals surface area (Å²) in [6, 6.07) is 8.09. The minimum atomic E-state index is -0.311. The molecule has 0 bridgehead atoms. The molecule has 144 valence electrons. The van der Waals surface area contributed by atoms with Crippen molar-refractivity contribution in [3.8, 4) is 5.75 Å². The van der Waals surface area contributed by atoms with E-state index < -0.39 is 0 Å². The number of aromatic nitrogens is 4. The average Bonchev–Trinajstić information content (AvgIpc) is 3.07. The van der Waals surface area contributed by atoms with Crippen molar-refractivity contribution >= 4 is 22.9 Å². The number of hydrogen-bond acceptors (Lipinski definition) is 5. The summed E-state index contributed by atoms with van der Waals surface area (Å²) in [6.07, 6.45) is 3.31. The Kier molecular flexibility index (Phi) is 6.05. The van der Waals surface area contributed by atoms with E-state index in [0.29, 0.717) is 17.7 Å². The smallest absolute Gasteiger partial charge is 0.332 e. The Labute approximate surface area is 161 Å². The molecule has 0 saturated carbocycles. The van der Waals surface area contributed by atoms with E-state index in [-0.39, 0.29) is 11.2 Å². The Hall–Kier alpha value is -2.48. The van der Waals surface area contributed by atoms with Crippen LogP contribution in [0.25, 0.3) is 11.2 Å². The summed E-state index contributed by atoms with van der Waals surface area (Å²) in [5, 5.41) is 0. The molecule has 7 nitrogen and oxygen atoms in total. The molecule has 0 spiro atoms. The fourth-order valence-corrected chi connectivity index (χ4v) is 3.92. The van der Waals surface area contributed by atoms with Crippen LogP contribution in [0.1, 0.15) is 12.0 Å². The van der Waals surface area contributed by atoms with E-state index in [1.807, 2.05) is 23.9 Å². The van der Waals surface area contributed by atoms with Gasteiger partial charge in [-0.15, -0.1) is 0 Å². The van der Waals surface area contributed by atoms with E-state index in [2.05, 4.69) is 17.1 Å². The summed E-state index contributed by atoms with van der Waals surface area (Å²) < 4.78 is 9.58. The predicted molar refractivity (Wildman–Crippen MR) is 109 cm³/mol. The second kappa shape index (κ2) is 8.47. The van der Waals surface area contributed by atoms with Crippen LogP contribution in [0.3, 0.4) is 0 Å². The van der Waals surface area contributed by atoms with Crippen molar-refractivity contribution in [3.63, 3.8) is 0 Å². The summed E-state index contributed by atoms with van der Waals surface area (Å²) in [5.74, 6) is 2.76. The number of aryl methyl sites for hydroxylation is 3. The van der Waals surface area contributed by atoms with Crippen LogP contribution in [-0.2, 0) is 27.1 Å². The van der Waals surface area contributed by atoms with Gasteiger partial charge in [0.25, 0.3) is 5.56 Å². The fourth-order valence-electron chi connectivity index (χ4n) is 3.00. The Balaban J connectivity index is 1.54. The lowest BCUT2D eigenvalue weighted by Crippen LogP contribution is -2.39. The first-order valence-corrected chi connectivity index (χ1v) is 10.00. The second-order valence-corrected chi connectivity index (χ2v) is 7.61. The van der Waals surface area contributed by atoms with Gasteiger partial charge >= 0.3 is 5.69 Å². The monoisotopic (exact) mass is 388 g/mol. The molecule has 3 aromatic rings. The van der Waals surface area contributed by atoms with Gasteiger partial charge < -0.3 is 9.30 Å². The first-order chi connectivity index (χ1) is 13.0. The molecule has 0 amide bonds. The van der Waals surface area contributed by atoms with Crippen molar-refractivity contribution in [2.75, 3.05) is 18.6 Å². The third-order valence-corrected chi connectivity index (χ3v) is 5.64. The SMILES string of the molecule is COc1ccc(CCSCCCn2c(=O)c3c(ncn3C)n(C)c2=O)cc1. The first-order valence-electron chi connectivity index (χ1n) is 8.84. The fraction of sp³-hybridized carbons (Fsp3) is 0.421. The van der Waals surface area contributed by atoms with Gasteiger partial charge in [-0.3, -0.25) is 13.9 Å². The molecule has 0 aliphatic heterocycles. The molecule has 0 aliphatic carbocycles. The average molecular weight is 388 g/mol. The third-order valence-electron chi connectivity index (χ3n) is 4.57. The maximum atomic E-state index is 12.6. The molecule has 8 heteroatoms. The van der Waals surface area contributed by atoms with Crippen molar-refractivity contribution < 1.29 is 4.74 Å². The van der Waals surface area contributed by atoms with E-state index in [1.165, 1.54) is 14.7 Å². The topological polar surface area (TPSA) is 71.1 Å². The lowest BCUT2D eigenvalue weighted by molar-refractivity contribution is 0.414. The number of hydrogen-bond donors (Lipinski definition) is 0. The van der Waals surface area contributed by atoms with Gasteiger partial charge in [-0.25, -0.2) is 9.78 Å². The molecular formula is C19H24N4O3S. The molecule has 0 saturated heterocycles. The summed E-state index contributed by atoms with van der Waals surface area (Å²) >= 11 is 1.83. The maximum Gasteiger partial charge on any atom is 0.332 e. The van der Waals surface area contributed by atoms with Gasteiger partial charge in [0.2, 0.25) is 0 Å². The van der Waals surface area contributed by atoms with E-state index in [1.54, 1.807) is 32.1 Å². The molecule has 0 fully saturated rings. The highest BCUT2D eigenvalue weighted by molar-refractivity contribution is 7.99. The number of benzene rings is 1. The van der Waals surface area contributed by atoms with Crippen LogP contribution in [0.2, 0.25) is 0 Å². The van der Waals surface area contributed by atoms with Crippen molar-refractivity contribution in [1.29, 1.82) is 0 Å². The minimum Gasteiger partial charge on any atom is -0.497 e. The van der Waals surface area contributed by atoms with Gasteiger partial charge in [0.05, 0.1) is 13.4 Å². The molecule has 0 N–H and O–H groups in total. The van der Waals surface area contributed by atoms with Gasteiger partial charge in [0, 0.05) is 20.6 Å². The summed E-state index contributed by atoms with van der Waals surface area (Å²) in [4.78, 5) is 29.2. The Morgan fingerprint density at radius 2 is 1.85 bits per heavy atom. The highest BCUT2D eigenvalue weighted by atomic mass is 32.2. The molecular weight excluding hydrogens is 364 g/mol. The zero-order valence-corrected chi connectivity index (χ0v) is 16.7. The molecule has 2 heterocycles. The van der Waals surface area contributed by atoms with Crippen molar-refractivity contribution in [2.45, 2.75) is 19.4 Å². The highest BCUT2D eigenvalue weighted by Crippen LogP contribution is 2.14. The van der Waals surface area contributed by atoms with E-state index >= 15 is 0 Å². The normalized spacial score (nSPS) is 11.2. The second-order valence-electron chi connectivity index (χ2n) is 6.39. The third kappa shape index (κ3) is 4.10. The molecule has 0 unspecified atom stereocenters. The Morgan fingerprint density at radius 1 is 1.11 bits per heavy atom. The number of thioether (sulfide) groups is 1. The number of nitrogens with zero attached hydrogens (tertiary/aromatic N) is 4. The molecule has 0 radical (unpaired) electrons. The molecule has 3 rings (SSSR count). The van der Waals surface area contributed by atoms with Gasteiger partial charge in [-0.1, -0.05) is 12.1 Å². The Morgan fingerprint density at radius 3 is 2.56 bits per heavy atom. The maximum absolute atomic E-state index is 12.6. The minimum absolute atomic E-state index is 0.267. The number of rotatable bonds is 8. The Bertz CT molecular complexity index is 1030. The van der Waals surface area contributed by atoms with Crippen LogP contribution in [0, 0.1) is 0 Å². The predicted octanol–water partition coefficient (Wildman–Crippen LogP) is 1.81. The van der Waals surface area contributed by atoms with Crippen LogP contribution >= 0.6 is 11.8 Å². The van der Waals surface area contributed by atoms with Gasteiger partial charge in [-0.05, 0) is 42.0 Å². The van der Waals surface area contributed by atoms with Crippen LogP contribution in [0.4, 0.5) is 0 Å². The summed E-state index contributed by atoms with van der Waals surface area (Å²) in [7, 11) is 5.08. The molecule has 0 aliphatic rings. The largest absolute Gasteiger partial charge is 0.497 e. The summed E-state index contributed by atoms with van der Waals surface area (Å²) in [6.45, 7) is 0.419. The van der Waals surface area contributed by atoms with E-state index in [4.69, 9.17) is 4.74 Å². The van der Waals surface area contributed by atoms with E-state index in [9.17, 15) is 9.59 Å².